The van der Waals surface area contributed by atoms with E-state index in [1.165, 1.54) is 31.4 Å². The highest BCUT2D eigenvalue weighted by molar-refractivity contribution is 5.97. The van der Waals surface area contributed by atoms with Crippen LogP contribution in [-0.4, -0.2) is 31.5 Å². The second-order valence-corrected chi connectivity index (χ2v) is 5.55. The molecule has 0 fully saturated rings. The number of methoxy groups -OCH3 is 1. The average Bonchev–Trinajstić information content (AvgIpc) is 2.61. The van der Waals surface area contributed by atoms with Gasteiger partial charge in [0, 0.05) is 18.2 Å². The first-order chi connectivity index (χ1) is 12.1. The second kappa shape index (κ2) is 7.40. The third-order valence-electron chi connectivity index (χ3n) is 3.88. The van der Waals surface area contributed by atoms with Crippen LogP contribution >= 0.6 is 0 Å². The highest BCUT2D eigenvalue weighted by atomic mass is 19.1. The van der Waals surface area contributed by atoms with Crippen LogP contribution in [0.2, 0.25) is 0 Å². The molecule has 0 aromatic heterocycles. The van der Waals surface area contributed by atoms with E-state index in [0.717, 1.165) is 0 Å². The van der Waals surface area contributed by atoms with Crippen molar-refractivity contribution in [2.75, 3.05) is 20.4 Å². The Balaban J connectivity index is 1.65. The van der Waals surface area contributed by atoms with E-state index in [0.29, 0.717) is 35.7 Å². The Morgan fingerprint density at radius 1 is 1.36 bits per heavy atom. The fourth-order valence-corrected chi connectivity index (χ4v) is 2.68. The van der Waals surface area contributed by atoms with Crippen LogP contribution < -0.4 is 14.8 Å². The van der Waals surface area contributed by atoms with Gasteiger partial charge >= 0.3 is 0 Å². The molecule has 0 atom stereocenters. The number of amides is 1. The van der Waals surface area contributed by atoms with Gasteiger partial charge in [0.05, 0.1) is 19.3 Å². The van der Waals surface area contributed by atoms with Crippen molar-refractivity contribution in [3.05, 3.63) is 52.8 Å². The first kappa shape index (κ1) is 17.0. The average molecular weight is 347 g/mol. The van der Waals surface area contributed by atoms with Gasteiger partial charge in [0.15, 0.2) is 6.79 Å². The number of ether oxygens (including phenoxy) is 3. The molecule has 3 rings (SSSR count). The molecule has 1 aliphatic rings. The van der Waals surface area contributed by atoms with Crippen molar-refractivity contribution >= 4 is 5.91 Å². The number of carbonyl (C=O) groups is 1. The summed E-state index contributed by atoms with van der Waals surface area (Å²) in [6, 6.07) is 7.21. The summed E-state index contributed by atoms with van der Waals surface area (Å²) in [6.07, 6.45) is 0.392. The standard InChI is InChI=1S/C18H18FNO5/c1-23-14-2-3-15(16(21)8-14)18(22)20-5-4-11-6-13(19)7-12-9-24-10-25-17(11)12/h2-3,6-8,21H,4-5,9-10H2,1H3,(H,20,22). The summed E-state index contributed by atoms with van der Waals surface area (Å²) in [7, 11) is 1.47. The number of hydrogen-bond donors (Lipinski definition) is 2. The zero-order valence-corrected chi connectivity index (χ0v) is 13.7. The smallest absolute Gasteiger partial charge is 0.255 e. The van der Waals surface area contributed by atoms with Crippen molar-refractivity contribution in [2.24, 2.45) is 0 Å². The van der Waals surface area contributed by atoms with Crippen LogP contribution in [0.25, 0.3) is 0 Å². The van der Waals surface area contributed by atoms with Gasteiger partial charge in [-0.25, -0.2) is 4.39 Å². The largest absolute Gasteiger partial charge is 0.507 e. The number of phenols is 1. The van der Waals surface area contributed by atoms with Crippen molar-refractivity contribution in [1.29, 1.82) is 0 Å². The molecule has 2 N–H and O–H groups in total. The monoisotopic (exact) mass is 347 g/mol. The van der Waals surface area contributed by atoms with Crippen LogP contribution in [0.15, 0.2) is 30.3 Å². The number of hydrogen-bond acceptors (Lipinski definition) is 5. The number of nitrogens with one attached hydrogen (secondary N) is 1. The van der Waals surface area contributed by atoms with E-state index < -0.39 is 5.91 Å². The van der Waals surface area contributed by atoms with Gasteiger partial charge in [0.2, 0.25) is 0 Å². The van der Waals surface area contributed by atoms with Gasteiger partial charge in [-0.1, -0.05) is 0 Å². The Hall–Kier alpha value is -2.80. The van der Waals surface area contributed by atoms with Gasteiger partial charge < -0.3 is 24.6 Å². The molecule has 132 valence electrons. The van der Waals surface area contributed by atoms with E-state index in [1.54, 1.807) is 6.07 Å². The van der Waals surface area contributed by atoms with Crippen LogP contribution in [0.4, 0.5) is 4.39 Å². The summed E-state index contributed by atoms with van der Waals surface area (Å²) in [6.45, 7) is 0.689. The molecule has 6 nitrogen and oxygen atoms in total. The molecule has 0 radical (unpaired) electrons. The van der Waals surface area contributed by atoms with Gasteiger partial charge in [0.1, 0.15) is 23.1 Å². The van der Waals surface area contributed by atoms with Crippen LogP contribution in [0.5, 0.6) is 17.2 Å². The summed E-state index contributed by atoms with van der Waals surface area (Å²) >= 11 is 0. The van der Waals surface area contributed by atoms with Crippen molar-refractivity contribution in [3.63, 3.8) is 0 Å². The fraction of sp³-hybridized carbons (Fsp3) is 0.278. The minimum atomic E-state index is -0.422. The number of rotatable bonds is 5. The lowest BCUT2D eigenvalue weighted by Gasteiger charge is -2.21. The minimum Gasteiger partial charge on any atom is -0.507 e. The molecule has 2 aromatic rings. The quantitative estimate of drug-likeness (QED) is 0.868. The molecule has 0 bridgehead atoms. The molecular formula is C18H18FNO5. The van der Waals surface area contributed by atoms with Crippen molar-refractivity contribution in [2.45, 2.75) is 13.0 Å². The summed E-state index contributed by atoms with van der Waals surface area (Å²) in [5.41, 5.74) is 1.46. The van der Waals surface area contributed by atoms with Crippen molar-refractivity contribution in [3.8, 4) is 17.2 Å². The number of phenolic OH excluding ortho intramolecular Hbond substituents is 1. The molecule has 7 heteroatoms. The lowest BCUT2D eigenvalue weighted by molar-refractivity contribution is -0.0172. The molecule has 1 heterocycles. The van der Waals surface area contributed by atoms with E-state index >= 15 is 0 Å². The maximum atomic E-state index is 13.7. The normalized spacial score (nSPS) is 12.9. The second-order valence-electron chi connectivity index (χ2n) is 5.55. The summed E-state index contributed by atoms with van der Waals surface area (Å²) in [5, 5.41) is 12.6. The number of halogens is 1. The third kappa shape index (κ3) is 3.83. The number of carbonyl (C=O) groups excluding carboxylic acids is 1. The number of fused-ring (bicyclic) bond motifs is 1. The molecule has 0 aliphatic carbocycles. The van der Waals surface area contributed by atoms with Crippen LogP contribution in [-0.2, 0) is 17.8 Å². The Bertz CT molecular complexity index is 793. The van der Waals surface area contributed by atoms with Crippen LogP contribution in [0.1, 0.15) is 21.5 Å². The molecule has 1 aliphatic heterocycles. The first-order valence-electron chi connectivity index (χ1n) is 7.75. The van der Waals surface area contributed by atoms with Gasteiger partial charge in [0.25, 0.3) is 5.91 Å². The number of benzene rings is 2. The Morgan fingerprint density at radius 3 is 2.96 bits per heavy atom. The van der Waals surface area contributed by atoms with E-state index in [9.17, 15) is 14.3 Å². The van der Waals surface area contributed by atoms with Gasteiger partial charge in [-0.15, -0.1) is 0 Å². The van der Waals surface area contributed by atoms with E-state index in [1.807, 2.05) is 0 Å². The predicted octanol–water partition coefficient (Wildman–Crippen LogP) is 2.38. The van der Waals surface area contributed by atoms with Crippen LogP contribution in [0.3, 0.4) is 0 Å². The van der Waals surface area contributed by atoms with Crippen molar-refractivity contribution < 1.29 is 28.5 Å². The molecule has 0 spiro atoms. The summed E-state index contributed by atoms with van der Waals surface area (Å²) in [5.74, 6) is 0.103. The topological polar surface area (TPSA) is 77.0 Å². The predicted molar refractivity (Wildman–Crippen MR) is 87.4 cm³/mol. The highest BCUT2D eigenvalue weighted by Gasteiger charge is 2.17. The molecular weight excluding hydrogens is 329 g/mol. The fourth-order valence-electron chi connectivity index (χ4n) is 2.68. The molecule has 1 amide bonds. The first-order valence-corrected chi connectivity index (χ1v) is 7.75. The van der Waals surface area contributed by atoms with E-state index in [4.69, 9.17) is 14.2 Å². The Kier molecular flexibility index (Phi) is 5.04. The van der Waals surface area contributed by atoms with Crippen molar-refractivity contribution in [1.82, 2.24) is 5.32 Å². The lowest BCUT2D eigenvalue weighted by atomic mass is 10.1. The summed E-state index contributed by atoms with van der Waals surface area (Å²) < 4.78 is 29.3. The molecule has 0 saturated heterocycles. The van der Waals surface area contributed by atoms with Gasteiger partial charge in [-0.2, -0.15) is 0 Å². The van der Waals surface area contributed by atoms with E-state index in [-0.39, 0.29) is 30.5 Å². The molecule has 0 unspecified atom stereocenters. The minimum absolute atomic E-state index is 0.123. The Morgan fingerprint density at radius 2 is 2.20 bits per heavy atom. The lowest BCUT2D eigenvalue weighted by Crippen LogP contribution is -2.26. The molecule has 25 heavy (non-hydrogen) atoms. The highest BCUT2D eigenvalue weighted by Crippen LogP contribution is 2.29. The maximum Gasteiger partial charge on any atom is 0.255 e. The van der Waals surface area contributed by atoms with Gasteiger partial charge in [-0.05, 0) is 36.2 Å². The Labute approximate surface area is 144 Å². The van der Waals surface area contributed by atoms with E-state index in [2.05, 4.69) is 5.32 Å². The summed E-state index contributed by atoms with van der Waals surface area (Å²) in [4.78, 5) is 12.2. The third-order valence-corrected chi connectivity index (χ3v) is 3.88. The van der Waals surface area contributed by atoms with Gasteiger partial charge in [-0.3, -0.25) is 4.79 Å². The molecule has 0 saturated carbocycles. The zero-order chi connectivity index (χ0) is 17.8. The number of aromatic hydroxyl groups is 1. The maximum absolute atomic E-state index is 13.7. The zero-order valence-electron chi connectivity index (χ0n) is 13.7. The van der Waals surface area contributed by atoms with Crippen LogP contribution in [0, 0.1) is 5.82 Å². The SMILES string of the molecule is COc1ccc(C(=O)NCCc2cc(F)cc3c2OCOC3)c(O)c1. The molecule has 2 aromatic carbocycles.